The summed E-state index contributed by atoms with van der Waals surface area (Å²) in [7, 11) is 0. The average Bonchev–Trinajstić information content (AvgIpc) is 2.67. The molecular weight excluding hydrogens is 364 g/mol. The second-order valence-corrected chi connectivity index (χ2v) is 7.86. The Labute approximate surface area is 162 Å². The summed E-state index contributed by atoms with van der Waals surface area (Å²) in [6.07, 6.45) is 1.42. The number of pyridine rings is 1. The lowest BCUT2D eigenvalue weighted by Gasteiger charge is -2.42. The first kappa shape index (κ1) is 18.0. The molecule has 3 heterocycles. The Bertz CT molecular complexity index is 935. The SMILES string of the molecule is O=C(CCC(=O)N1C[C@@H]2C[C@H](C1)c1cccc(=O)n1C2)c1ccc(Cl)cc1. The van der Waals surface area contributed by atoms with E-state index in [4.69, 9.17) is 11.6 Å². The third-order valence-corrected chi connectivity index (χ3v) is 5.82. The zero-order valence-electron chi connectivity index (χ0n) is 14.9. The number of fused-ring (bicyclic) bond motifs is 4. The molecule has 2 aromatic rings. The van der Waals surface area contributed by atoms with E-state index in [2.05, 4.69) is 0 Å². The van der Waals surface area contributed by atoms with Crippen molar-refractivity contribution >= 4 is 23.3 Å². The number of aromatic nitrogens is 1. The summed E-state index contributed by atoms with van der Waals surface area (Å²) in [5.74, 6) is 0.461. The van der Waals surface area contributed by atoms with Crippen LogP contribution in [0.25, 0.3) is 0 Å². The second kappa shape index (κ2) is 7.31. The van der Waals surface area contributed by atoms with Gasteiger partial charge in [-0.05, 0) is 42.7 Å². The molecule has 1 amide bonds. The molecule has 1 aromatic heterocycles. The summed E-state index contributed by atoms with van der Waals surface area (Å²) < 4.78 is 1.85. The van der Waals surface area contributed by atoms with Crippen molar-refractivity contribution in [3.8, 4) is 0 Å². The number of rotatable bonds is 4. The molecule has 6 heteroatoms. The highest BCUT2D eigenvalue weighted by molar-refractivity contribution is 6.30. The normalized spacial score (nSPS) is 20.9. The summed E-state index contributed by atoms with van der Waals surface area (Å²) in [6.45, 7) is 1.94. The lowest BCUT2D eigenvalue weighted by Crippen LogP contribution is -2.49. The number of hydrogen-bond acceptors (Lipinski definition) is 3. The lowest BCUT2D eigenvalue weighted by molar-refractivity contribution is -0.133. The van der Waals surface area contributed by atoms with Crippen molar-refractivity contribution in [1.82, 2.24) is 9.47 Å². The minimum absolute atomic E-state index is 0.0127. The first-order chi connectivity index (χ1) is 13.0. The molecule has 0 aliphatic carbocycles. The number of amides is 1. The molecule has 1 aromatic carbocycles. The van der Waals surface area contributed by atoms with Crippen LogP contribution < -0.4 is 5.56 Å². The highest BCUT2D eigenvalue weighted by atomic mass is 35.5. The fourth-order valence-corrected chi connectivity index (χ4v) is 4.38. The van der Waals surface area contributed by atoms with Gasteiger partial charge in [0.05, 0.1) is 0 Å². The number of halogens is 1. The smallest absolute Gasteiger partial charge is 0.250 e. The number of Topliss-reactive ketones (excluding diaryl/α,β-unsaturated/α-hetero) is 1. The molecule has 0 N–H and O–H groups in total. The maximum absolute atomic E-state index is 12.7. The number of carbonyl (C=O) groups is 2. The van der Waals surface area contributed by atoms with Crippen LogP contribution in [0.4, 0.5) is 0 Å². The van der Waals surface area contributed by atoms with E-state index in [1.54, 1.807) is 36.4 Å². The molecule has 0 radical (unpaired) electrons. The molecule has 1 saturated heterocycles. The predicted molar refractivity (Wildman–Crippen MR) is 103 cm³/mol. The van der Waals surface area contributed by atoms with Gasteiger partial charge in [-0.1, -0.05) is 17.7 Å². The molecule has 0 saturated carbocycles. The molecule has 2 aliphatic rings. The Morgan fingerprint density at radius 3 is 2.56 bits per heavy atom. The van der Waals surface area contributed by atoms with Crippen molar-refractivity contribution < 1.29 is 9.59 Å². The van der Waals surface area contributed by atoms with E-state index in [1.165, 1.54) is 0 Å². The minimum atomic E-state index is -0.0471. The Morgan fingerprint density at radius 2 is 1.78 bits per heavy atom. The molecule has 27 heavy (non-hydrogen) atoms. The van der Waals surface area contributed by atoms with Gasteiger partial charge in [-0.25, -0.2) is 0 Å². The maximum Gasteiger partial charge on any atom is 0.250 e. The molecular formula is C21H21ClN2O3. The number of nitrogens with zero attached hydrogens (tertiary/aromatic N) is 2. The fraction of sp³-hybridized carbons (Fsp3) is 0.381. The summed E-state index contributed by atoms with van der Waals surface area (Å²) >= 11 is 5.84. The predicted octanol–water partition coefficient (Wildman–Crippen LogP) is 3.11. The molecule has 2 aliphatic heterocycles. The lowest BCUT2D eigenvalue weighted by atomic mass is 9.83. The third-order valence-electron chi connectivity index (χ3n) is 5.56. The van der Waals surface area contributed by atoms with Crippen LogP contribution in [-0.4, -0.2) is 34.2 Å². The van der Waals surface area contributed by atoms with E-state index in [1.807, 2.05) is 15.5 Å². The van der Waals surface area contributed by atoms with Gasteiger partial charge < -0.3 is 9.47 Å². The van der Waals surface area contributed by atoms with Gasteiger partial charge in [-0.3, -0.25) is 14.4 Å². The summed E-state index contributed by atoms with van der Waals surface area (Å²) in [4.78, 5) is 38.9. The number of piperidine rings is 1. The van der Waals surface area contributed by atoms with E-state index < -0.39 is 0 Å². The van der Waals surface area contributed by atoms with Gasteiger partial charge in [0, 0.05) is 60.7 Å². The van der Waals surface area contributed by atoms with Crippen molar-refractivity contribution in [3.05, 3.63) is 69.1 Å². The van der Waals surface area contributed by atoms with E-state index in [0.29, 0.717) is 36.1 Å². The van der Waals surface area contributed by atoms with Crippen molar-refractivity contribution in [1.29, 1.82) is 0 Å². The topological polar surface area (TPSA) is 59.4 Å². The van der Waals surface area contributed by atoms with Gasteiger partial charge in [0.1, 0.15) is 0 Å². The van der Waals surface area contributed by atoms with Gasteiger partial charge in [0.15, 0.2) is 5.78 Å². The standard InChI is InChI=1S/C21H21ClN2O3/c22-17-6-4-15(5-7-17)19(25)8-9-20(26)23-11-14-10-16(13-23)18-2-1-3-21(27)24(18)12-14/h1-7,14,16H,8-13H2/t14-,16+/m0/s1. The van der Waals surface area contributed by atoms with Gasteiger partial charge in [-0.15, -0.1) is 0 Å². The highest BCUT2D eigenvalue weighted by Gasteiger charge is 2.36. The zero-order chi connectivity index (χ0) is 19.0. The van der Waals surface area contributed by atoms with Crippen molar-refractivity contribution in [2.24, 2.45) is 5.92 Å². The van der Waals surface area contributed by atoms with Gasteiger partial charge in [0.2, 0.25) is 5.91 Å². The number of carbonyl (C=O) groups excluding carboxylic acids is 2. The van der Waals surface area contributed by atoms with E-state index in [0.717, 1.165) is 12.1 Å². The molecule has 5 nitrogen and oxygen atoms in total. The quantitative estimate of drug-likeness (QED) is 0.761. The van der Waals surface area contributed by atoms with Crippen LogP contribution in [0, 0.1) is 5.92 Å². The molecule has 4 rings (SSSR count). The number of hydrogen-bond donors (Lipinski definition) is 0. The first-order valence-electron chi connectivity index (χ1n) is 9.27. The minimum Gasteiger partial charge on any atom is -0.342 e. The number of likely N-dealkylation sites (tertiary alicyclic amines) is 1. The van der Waals surface area contributed by atoms with Crippen LogP contribution >= 0.6 is 11.6 Å². The first-order valence-corrected chi connectivity index (χ1v) is 9.65. The monoisotopic (exact) mass is 384 g/mol. The molecule has 140 valence electrons. The van der Waals surface area contributed by atoms with E-state index in [-0.39, 0.29) is 36.0 Å². The largest absolute Gasteiger partial charge is 0.342 e. The van der Waals surface area contributed by atoms with Gasteiger partial charge in [-0.2, -0.15) is 0 Å². The number of benzene rings is 1. The van der Waals surface area contributed by atoms with Crippen LogP contribution in [-0.2, 0) is 11.3 Å². The maximum atomic E-state index is 12.7. The van der Waals surface area contributed by atoms with Crippen molar-refractivity contribution in [3.63, 3.8) is 0 Å². The third kappa shape index (κ3) is 3.69. The zero-order valence-corrected chi connectivity index (χ0v) is 15.7. The Morgan fingerprint density at radius 1 is 1.00 bits per heavy atom. The highest BCUT2D eigenvalue weighted by Crippen LogP contribution is 2.35. The van der Waals surface area contributed by atoms with Gasteiger partial charge in [0.25, 0.3) is 5.56 Å². The van der Waals surface area contributed by atoms with Crippen LogP contribution in [0.1, 0.15) is 41.2 Å². The van der Waals surface area contributed by atoms with E-state index in [9.17, 15) is 14.4 Å². The van der Waals surface area contributed by atoms with Crippen LogP contribution in [0.3, 0.4) is 0 Å². The molecule has 1 fully saturated rings. The summed E-state index contributed by atoms with van der Waals surface area (Å²) in [5.41, 5.74) is 1.64. The Kier molecular flexibility index (Phi) is 4.87. The Hall–Kier alpha value is -2.40. The van der Waals surface area contributed by atoms with E-state index >= 15 is 0 Å². The number of ketones is 1. The van der Waals surface area contributed by atoms with Crippen LogP contribution in [0.15, 0.2) is 47.3 Å². The molecule has 2 atom stereocenters. The Balaban J connectivity index is 1.40. The van der Waals surface area contributed by atoms with Crippen LogP contribution in [0.5, 0.6) is 0 Å². The van der Waals surface area contributed by atoms with Crippen molar-refractivity contribution in [2.45, 2.75) is 31.7 Å². The second-order valence-electron chi connectivity index (χ2n) is 7.43. The van der Waals surface area contributed by atoms with Crippen LogP contribution in [0.2, 0.25) is 5.02 Å². The summed E-state index contributed by atoms with van der Waals surface area (Å²) in [6, 6.07) is 12.1. The average molecular weight is 385 g/mol. The van der Waals surface area contributed by atoms with Crippen molar-refractivity contribution in [2.75, 3.05) is 13.1 Å². The van der Waals surface area contributed by atoms with Gasteiger partial charge >= 0.3 is 0 Å². The molecule has 0 spiro atoms. The molecule has 2 bridgehead atoms. The molecule has 0 unspecified atom stereocenters. The summed E-state index contributed by atoms with van der Waals surface area (Å²) in [5, 5.41) is 0.585. The fourth-order valence-electron chi connectivity index (χ4n) is 4.26.